The molecular weight excluding hydrogens is 604 g/mol. The molecule has 0 heterocycles. The van der Waals surface area contributed by atoms with Crippen molar-refractivity contribution >= 4 is 24.0 Å². The third-order valence-corrected chi connectivity index (χ3v) is 7.84. The molecule has 0 amide bonds. The summed E-state index contributed by atoms with van der Waals surface area (Å²) in [5, 5.41) is 0. The molecule has 1 atom stereocenters. The highest BCUT2D eigenvalue weighted by atomic mass is 16.5. The lowest BCUT2D eigenvalue weighted by Gasteiger charge is -2.10. The van der Waals surface area contributed by atoms with Gasteiger partial charge < -0.3 is 18.9 Å². The van der Waals surface area contributed by atoms with Gasteiger partial charge in [0.25, 0.3) is 0 Å². The van der Waals surface area contributed by atoms with Crippen molar-refractivity contribution in [1.29, 1.82) is 0 Å². The minimum atomic E-state index is -0.449. The van der Waals surface area contributed by atoms with Gasteiger partial charge in [0.1, 0.15) is 11.5 Å². The zero-order valence-electron chi connectivity index (χ0n) is 28.0. The fourth-order valence-corrected chi connectivity index (χ4v) is 4.62. The summed E-state index contributed by atoms with van der Waals surface area (Å²) in [4.78, 5) is 36.2. The molecule has 1 unspecified atom stereocenters. The Hall–Kier alpha value is -5.17. The maximum Gasteiger partial charge on any atom is 0.343 e. The van der Waals surface area contributed by atoms with Gasteiger partial charge in [0.05, 0.1) is 31.3 Å². The van der Waals surface area contributed by atoms with Crippen LogP contribution in [0.25, 0.3) is 28.3 Å². The molecule has 0 aromatic heterocycles. The van der Waals surface area contributed by atoms with E-state index in [1.807, 2.05) is 50.2 Å². The van der Waals surface area contributed by atoms with Crippen LogP contribution in [-0.2, 0) is 19.1 Å². The number of hydrogen-bond donors (Lipinski definition) is 0. The van der Waals surface area contributed by atoms with Crippen LogP contribution in [0, 0.1) is 5.92 Å². The van der Waals surface area contributed by atoms with E-state index in [1.165, 1.54) is 6.08 Å². The molecule has 250 valence electrons. The average Bonchev–Trinajstić information content (AvgIpc) is 3.12. The summed E-state index contributed by atoms with van der Waals surface area (Å²) in [5.74, 6) is 0.111. The Kier molecular flexibility index (Phi) is 14.0. The van der Waals surface area contributed by atoms with Gasteiger partial charge >= 0.3 is 17.9 Å². The predicted octanol–water partition coefficient (Wildman–Crippen LogP) is 9.34. The summed E-state index contributed by atoms with van der Waals surface area (Å²) in [6.45, 7) is 7.21. The van der Waals surface area contributed by atoms with Gasteiger partial charge in [-0.1, -0.05) is 87.9 Å². The van der Waals surface area contributed by atoms with E-state index in [9.17, 15) is 14.4 Å². The fourth-order valence-electron chi connectivity index (χ4n) is 4.62. The first kappa shape index (κ1) is 35.7. The van der Waals surface area contributed by atoms with Crippen LogP contribution in [0.5, 0.6) is 11.5 Å². The monoisotopic (exact) mass is 648 g/mol. The van der Waals surface area contributed by atoms with E-state index >= 15 is 0 Å². The largest absolute Gasteiger partial charge is 0.494 e. The maximum atomic E-state index is 12.7. The fraction of sp³-hybridized carbons (Fsp3) is 0.293. The molecule has 0 spiro atoms. The number of carbonyl (C=O) groups is 3. The number of carbonyl (C=O) groups excluding carboxylic acids is 3. The predicted molar refractivity (Wildman–Crippen MR) is 189 cm³/mol. The van der Waals surface area contributed by atoms with Crippen molar-refractivity contribution in [1.82, 2.24) is 0 Å². The molecule has 0 aliphatic heterocycles. The van der Waals surface area contributed by atoms with Gasteiger partial charge in [0.2, 0.25) is 0 Å². The first-order valence-electron chi connectivity index (χ1n) is 16.6. The lowest BCUT2D eigenvalue weighted by atomic mass is 9.99. The van der Waals surface area contributed by atoms with Crippen molar-refractivity contribution in [3.05, 3.63) is 114 Å². The third kappa shape index (κ3) is 11.3. The number of benzene rings is 4. The minimum absolute atomic E-state index is 0.0723. The van der Waals surface area contributed by atoms with Crippen LogP contribution in [0.2, 0.25) is 0 Å². The van der Waals surface area contributed by atoms with Crippen LogP contribution in [-0.4, -0.2) is 37.7 Å². The number of ether oxygens (including phenoxy) is 4. The number of esters is 3. The van der Waals surface area contributed by atoms with Gasteiger partial charge in [-0.2, -0.15) is 0 Å². The van der Waals surface area contributed by atoms with Gasteiger partial charge in [-0.25, -0.2) is 9.59 Å². The van der Waals surface area contributed by atoms with Crippen LogP contribution in [0.4, 0.5) is 0 Å². The molecule has 0 saturated heterocycles. The Morgan fingerprint density at radius 3 is 1.73 bits per heavy atom. The van der Waals surface area contributed by atoms with E-state index in [0.717, 1.165) is 59.9 Å². The Morgan fingerprint density at radius 2 is 1.15 bits per heavy atom. The zero-order chi connectivity index (χ0) is 34.1. The molecule has 4 aromatic rings. The molecule has 0 aliphatic rings. The summed E-state index contributed by atoms with van der Waals surface area (Å²) >= 11 is 0. The second kappa shape index (κ2) is 18.8. The number of unbranched alkanes of at least 4 members (excludes halogenated alkanes) is 2. The molecule has 4 rings (SSSR count). The number of rotatable bonds is 17. The van der Waals surface area contributed by atoms with Crippen molar-refractivity contribution in [2.75, 3.05) is 19.8 Å². The Balaban J connectivity index is 1.22. The topological polar surface area (TPSA) is 88.1 Å². The van der Waals surface area contributed by atoms with Crippen LogP contribution < -0.4 is 9.47 Å². The zero-order valence-corrected chi connectivity index (χ0v) is 28.0. The van der Waals surface area contributed by atoms with Crippen LogP contribution in [0.15, 0.2) is 103 Å². The lowest BCUT2D eigenvalue weighted by Crippen LogP contribution is -2.15. The summed E-state index contributed by atoms with van der Waals surface area (Å²) < 4.78 is 21.7. The SMILES string of the molecule is CCCCOC(=O)/C=C/c1ccc(-c2ccc(-c3ccc(OC(=O)c4ccc(OCCCCOC(=O)C(C)CC)cc4)cc3)cc2)cc1. The minimum Gasteiger partial charge on any atom is -0.494 e. The van der Waals surface area contributed by atoms with Gasteiger partial charge in [-0.15, -0.1) is 0 Å². The van der Waals surface area contributed by atoms with Gasteiger partial charge in [0.15, 0.2) is 0 Å². The maximum absolute atomic E-state index is 12.7. The van der Waals surface area contributed by atoms with E-state index in [1.54, 1.807) is 42.5 Å². The molecule has 7 nitrogen and oxygen atoms in total. The Bertz CT molecular complexity index is 1620. The molecule has 7 heteroatoms. The van der Waals surface area contributed by atoms with Crippen molar-refractivity contribution in [3.8, 4) is 33.8 Å². The van der Waals surface area contributed by atoms with Gasteiger partial charge in [-0.05, 0) is 96.0 Å². The quantitative estimate of drug-likeness (QED) is 0.0488. The molecule has 0 N–H and O–H groups in total. The highest BCUT2D eigenvalue weighted by Gasteiger charge is 2.12. The highest BCUT2D eigenvalue weighted by Crippen LogP contribution is 2.27. The molecule has 4 aromatic carbocycles. The van der Waals surface area contributed by atoms with Crippen molar-refractivity contribution in [2.45, 2.75) is 52.9 Å². The molecule has 0 fully saturated rings. The lowest BCUT2D eigenvalue weighted by molar-refractivity contribution is -0.148. The Morgan fingerprint density at radius 1 is 0.625 bits per heavy atom. The normalized spacial score (nSPS) is 11.6. The van der Waals surface area contributed by atoms with Crippen LogP contribution >= 0.6 is 0 Å². The van der Waals surface area contributed by atoms with Crippen LogP contribution in [0.1, 0.15) is 68.8 Å². The molecule has 48 heavy (non-hydrogen) atoms. The van der Waals surface area contributed by atoms with Crippen molar-refractivity contribution < 1.29 is 33.3 Å². The van der Waals surface area contributed by atoms with E-state index in [2.05, 4.69) is 31.2 Å². The second-order valence-electron chi connectivity index (χ2n) is 11.5. The molecule has 0 saturated carbocycles. The first-order valence-corrected chi connectivity index (χ1v) is 16.6. The van der Waals surface area contributed by atoms with Crippen molar-refractivity contribution in [2.24, 2.45) is 5.92 Å². The van der Waals surface area contributed by atoms with Crippen LogP contribution in [0.3, 0.4) is 0 Å². The van der Waals surface area contributed by atoms with E-state index in [0.29, 0.717) is 36.9 Å². The Labute approximate surface area is 283 Å². The van der Waals surface area contributed by atoms with E-state index in [4.69, 9.17) is 18.9 Å². The van der Waals surface area contributed by atoms with Gasteiger partial charge in [0, 0.05) is 6.08 Å². The number of hydrogen-bond acceptors (Lipinski definition) is 7. The first-order chi connectivity index (χ1) is 23.4. The highest BCUT2D eigenvalue weighted by molar-refractivity contribution is 5.91. The average molecular weight is 649 g/mol. The van der Waals surface area contributed by atoms with Crippen molar-refractivity contribution in [3.63, 3.8) is 0 Å². The van der Waals surface area contributed by atoms with E-state index < -0.39 is 5.97 Å². The molecule has 0 aliphatic carbocycles. The summed E-state index contributed by atoms with van der Waals surface area (Å²) in [6, 6.07) is 30.5. The second-order valence-corrected chi connectivity index (χ2v) is 11.5. The van der Waals surface area contributed by atoms with E-state index in [-0.39, 0.29) is 17.9 Å². The molecular formula is C41H44O7. The smallest absolute Gasteiger partial charge is 0.343 e. The molecule has 0 radical (unpaired) electrons. The standard InChI is InChI=1S/C41H44O7/c1-4-6-27-46-39(42)26-11-31-9-12-32(13-10-31)33-14-16-34(17-15-33)35-18-24-38(25-19-35)48-41(44)36-20-22-37(23-21-36)45-28-7-8-29-47-40(43)30(3)5-2/h9-26,30H,4-8,27-29H2,1-3H3/b26-11+. The summed E-state index contributed by atoms with van der Waals surface area (Å²) in [5.41, 5.74) is 5.55. The van der Waals surface area contributed by atoms with Gasteiger partial charge in [-0.3, -0.25) is 4.79 Å². The summed E-state index contributed by atoms with van der Waals surface area (Å²) in [6.07, 6.45) is 7.33. The third-order valence-electron chi connectivity index (χ3n) is 7.84. The summed E-state index contributed by atoms with van der Waals surface area (Å²) in [7, 11) is 0. The molecule has 0 bridgehead atoms.